The largest absolute Gasteiger partial charge is 0.314 e. The van der Waals surface area contributed by atoms with Crippen LogP contribution >= 0.6 is 0 Å². The number of rotatable bonds is 12. The Balaban J connectivity index is 0.000000502. The molecule has 2 unspecified atom stereocenters. The van der Waals surface area contributed by atoms with Gasteiger partial charge in [-0.2, -0.15) is 5.06 Å². The van der Waals surface area contributed by atoms with Crippen molar-refractivity contribution in [1.29, 1.82) is 0 Å². The van der Waals surface area contributed by atoms with Crippen LogP contribution in [-0.2, 0) is 0 Å². The molecule has 0 saturated carbocycles. The second-order valence-corrected chi connectivity index (χ2v) is 7.72. The van der Waals surface area contributed by atoms with Gasteiger partial charge in [-0.3, -0.25) is 0 Å². The molecule has 2 nitrogen and oxygen atoms in total. The first kappa shape index (κ1) is 22.9. The lowest BCUT2D eigenvalue weighted by Crippen LogP contribution is -2.14. The van der Waals surface area contributed by atoms with E-state index in [1.54, 1.807) is 0 Å². The first-order chi connectivity index (χ1) is 11.1. The van der Waals surface area contributed by atoms with E-state index in [-0.39, 0.29) is 0 Å². The summed E-state index contributed by atoms with van der Waals surface area (Å²) in [5, 5.41) is 10.3. The molecule has 0 spiro atoms. The van der Waals surface area contributed by atoms with Crippen molar-refractivity contribution in [2.75, 3.05) is 13.1 Å². The van der Waals surface area contributed by atoms with Gasteiger partial charge in [0.1, 0.15) is 0 Å². The molecular formula is C21H45NO. The average Bonchev–Trinajstić information content (AvgIpc) is 2.82. The van der Waals surface area contributed by atoms with Gasteiger partial charge in [-0.1, -0.05) is 111 Å². The highest BCUT2D eigenvalue weighted by molar-refractivity contribution is 4.72. The smallest absolute Gasteiger partial charge is 0.0267 e. The van der Waals surface area contributed by atoms with Crippen LogP contribution in [0.15, 0.2) is 0 Å². The zero-order chi connectivity index (χ0) is 17.3. The number of unbranched alkanes of at least 4 members (excludes halogenated alkanes) is 12. The van der Waals surface area contributed by atoms with E-state index in [1.165, 1.54) is 88.5 Å². The molecule has 2 heteroatoms. The van der Waals surface area contributed by atoms with E-state index in [0.717, 1.165) is 13.1 Å². The van der Waals surface area contributed by atoms with Crippen LogP contribution in [0.5, 0.6) is 0 Å². The highest BCUT2D eigenvalue weighted by Crippen LogP contribution is 2.19. The van der Waals surface area contributed by atoms with Crippen LogP contribution in [0.1, 0.15) is 111 Å². The minimum Gasteiger partial charge on any atom is -0.314 e. The maximum Gasteiger partial charge on any atom is 0.0267 e. The topological polar surface area (TPSA) is 23.5 Å². The third kappa shape index (κ3) is 15.2. The maximum atomic E-state index is 8.90. The van der Waals surface area contributed by atoms with Crippen molar-refractivity contribution >= 4 is 0 Å². The van der Waals surface area contributed by atoms with Gasteiger partial charge in [0.15, 0.2) is 0 Å². The number of hydrogen-bond acceptors (Lipinski definition) is 2. The summed E-state index contributed by atoms with van der Waals surface area (Å²) < 4.78 is 0. The fraction of sp³-hybridized carbons (Fsp3) is 1.00. The summed E-state index contributed by atoms with van der Waals surface area (Å²) in [5.74, 6) is 1.33. The SMILES string of the molecule is CC1CN(O)CC1C.CCCCCCCCCCCCCCC. The van der Waals surface area contributed by atoms with Gasteiger partial charge in [0.2, 0.25) is 0 Å². The van der Waals surface area contributed by atoms with Gasteiger partial charge in [0, 0.05) is 13.1 Å². The van der Waals surface area contributed by atoms with Gasteiger partial charge < -0.3 is 5.21 Å². The molecule has 0 aromatic heterocycles. The maximum absolute atomic E-state index is 8.90. The van der Waals surface area contributed by atoms with Crippen molar-refractivity contribution in [3.63, 3.8) is 0 Å². The van der Waals surface area contributed by atoms with Gasteiger partial charge in [0.25, 0.3) is 0 Å². The molecule has 140 valence electrons. The minimum atomic E-state index is 0.667. The van der Waals surface area contributed by atoms with Crippen molar-refractivity contribution in [2.24, 2.45) is 11.8 Å². The fourth-order valence-electron chi connectivity index (χ4n) is 3.19. The van der Waals surface area contributed by atoms with Crippen molar-refractivity contribution < 1.29 is 5.21 Å². The van der Waals surface area contributed by atoms with Crippen LogP contribution in [0.2, 0.25) is 0 Å². The molecule has 0 aromatic rings. The second-order valence-electron chi connectivity index (χ2n) is 7.72. The molecule has 0 amide bonds. The Hall–Kier alpha value is -0.0800. The number of hydrogen-bond donors (Lipinski definition) is 1. The standard InChI is InChI=1S/C15H32.C6H13NO/c1-3-5-7-9-11-13-15-14-12-10-8-6-4-2;1-5-3-7(8)4-6(5)2/h3-15H2,1-2H3;5-6,8H,3-4H2,1-2H3. The molecule has 1 rings (SSSR count). The van der Waals surface area contributed by atoms with Gasteiger partial charge >= 0.3 is 0 Å². The summed E-state index contributed by atoms with van der Waals surface area (Å²) in [6.45, 7) is 10.6. The third-order valence-corrected chi connectivity index (χ3v) is 5.18. The third-order valence-electron chi connectivity index (χ3n) is 5.18. The Kier molecular flexibility index (Phi) is 16.7. The van der Waals surface area contributed by atoms with Crippen molar-refractivity contribution in [3.8, 4) is 0 Å². The summed E-state index contributed by atoms with van der Waals surface area (Å²) in [6.07, 6.45) is 18.9. The molecule has 23 heavy (non-hydrogen) atoms. The lowest BCUT2D eigenvalue weighted by Gasteiger charge is -2.02. The predicted octanol–water partition coefficient (Wildman–Crippen LogP) is 7.06. The van der Waals surface area contributed by atoms with E-state index in [9.17, 15) is 0 Å². The highest BCUT2D eigenvalue weighted by Gasteiger charge is 2.24. The molecular weight excluding hydrogens is 282 g/mol. The summed E-state index contributed by atoms with van der Waals surface area (Å²) in [4.78, 5) is 0. The lowest BCUT2D eigenvalue weighted by molar-refractivity contribution is -0.0728. The van der Waals surface area contributed by atoms with Crippen molar-refractivity contribution in [3.05, 3.63) is 0 Å². The van der Waals surface area contributed by atoms with Gasteiger partial charge in [-0.15, -0.1) is 0 Å². The Morgan fingerprint density at radius 1 is 0.609 bits per heavy atom. The Bertz CT molecular complexity index is 210. The first-order valence-electron chi connectivity index (χ1n) is 10.6. The second kappa shape index (κ2) is 16.8. The molecule has 0 bridgehead atoms. The molecule has 1 N–H and O–H groups in total. The zero-order valence-corrected chi connectivity index (χ0v) is 16.7. The molecule has 1 saturated heterocycles. The highest BCUT2D eigenvalue weighted by atomic mass is 16.5. The van der Waals surface area contributed by atoms with E-state index in [2.05, 4.69) is 27.7 Å². The Morgan fingerprint density at radius 2 is 0.870 bits per heavy atom. The fourth-order valence-corrected chi connectivity index (χ4v) is 3.19. The van der Waals surface area contributed by atoms with E-state index < -0.39 is 0 Å². The molecule has 1 aliphatic heterocycles. The lowest BCUT2D eigenvalue weighted by atomic mass is 10.0. The van der Waals surface area contributed by atoms with Crippen LogP contribution in [0.3, 0.4) is 0 Å². The quantitative estimate of drug-likeness (QED) is 0.388. The summed E-state index contributed by atoms with van der Waals surface area (Å²) in [6, 6.07) is 0. The molecule has 0 aliphatic carbocycles. The van der Waals surface area contributed by atoms with Gasteiger partial charge in [-0.05, 0) is 11.8 Å². The normalized spacial score (nSPS) is 21.3. The average molecular weight is 328 g/mol. The van der Waals surface area contributed by atoms with Crippen molar-refractivity contribution in [1.82, 2.24) is 5.06 Å². The summed E-state index contributed by atoms with van der Waals surface area (Å²) in [5.41, 5.74) is 0. The van der Waals surface area contributed by atoms with Crippen molar-refractivity contribution in [2.45, 2.75) is 111 Å². The summed E-state index contributed by atoms with van der Waals surface area (Å²) in [7, 11) is 0. The predicted molar refractivity (Wildman–Crippen MR) is 103 cm³/mol. The Labute approximate surface area is 147 Å². The molecule has 1 heterocycles. The molecule has 0 radical (unpaired) electrons. The van der Waals surface area contributed by atoms with E-state index in [1.807, 2.05) is 0 Å². The molecule has 1 fully saturated rings. The van der Waals surface area contributed by atoms with Crippen LogP contribution in [-0.4, -0.2) is 23.4 Å². The van der Waals surface area contributed by atoms with E-state index in [4.69, 9.17) is 5.21 Å². The van der Waals surface area contributed by atoms with Gasteiger partial charge in [0.05, 0.1) is 0 Å². The zero-order valence-electron chi connectivity index (χ0n) is 16.7. The van der Waals surface area contributed by atoms with E-state index >= 15 is 0 Å². The molecule has 0 aromatic carbocycles. The van der Waals surface area contributed by atoms with Crippen LogP contribution < -0.4 is 0 Å². The molecule has 2 atom stereocenters. The van der Waals surface area contributed by atoms with Crippen LogP contribution in [0, 0.1) is 11.8 Å². The summed E-state index contributed by atoms with van der Waals surface area (Å²) >= 11 is 0. The monoisotopic (exact) mass is 327 g/mol. The van der Waals surface area contributed by atoms with Crippen LogP contribution in [0.4, 0.5) is 0 Å². The number of nitrogens with zero attached hydrogens (tertiary/aromatic N) is 1. The van der Waals surface area contributed by atoms with Gasteiger partial charge in [-0.25, -0.2) is 0 Å². The molecule has 1 aliphatic rings. The first-order valence-corrected chi connectivity index (χ1v) is 10.6. The minimum absolute atomic E-state index is 0.667. The Morgan fingerprint density at radius 3 is 1.04 bits per heavy atom. The van der Waals surface area contributed by atoms with E-state index in [0.29, 0.717) is 11.8 Å². The number of hydroxylamine groups is 2. The van der Waals surface area contributed by atoms with Crippen LogP contribution in [0.25, 0.3) is 0 Å².